The Kier molecular flexibility index (Phi) is 4.35. The molecule has 1 heterocycles. The molecule has 0 atom stereocenters. The minimum Gasteiger partial charge on any atom is -0.497 e. The molecule has 0 aliphatic rings. The summed E-state index contributed by atoms with van der Waals surface area (Å²) in [5, 5.41) is 5.44. The molecule has 0 saturated carbocycles. The Morgan fingerprint density at radius 3 is 2.89 bits per heavy atom. The first-order valence-electron chi connectivity index (χ1n) is 5.50. The number of hydrogen-bond donors (Lipinski definition) is 2. The number of urea groups is 1. The number of amides is 2. The van der Waals surface area contributed by atoms with Gasteiger partial charge in [0.1, 0.15) is 5.75 Å². The number of anilines is 2. The standard InChI is InChI=1S/C13H12BrN3O2/c1-19-10-4-2-3-9(7-10)16-13(18)17-12-5-6-15-8-11(12)14/h2-8H,1H3,(H2,15,16,17,18). The largest absolute Gasteiger partial charge is 0.497 e. The van der Waals surface area contributed by atoms with Crippen LogP contribution in [0.1, 0.15) is 0 Å². The van der Waals surface area contributed by atoms with E-state index >= 15 is 0 Å². The van der Waals surface area contributed by atoms with Crippen molar-refractivity contribution in [1.29, 1.82) is 0 Å². The maximum Gasteiger partial charge on any atom is 0.323 e. The SMILES string of the molecule is COc1cccc(NC(=O)Nc2ccncc2Br)c1. The Labute approximate surface area is 119 Å². The topological polar surface area (TPSA) is 63.2 Å². The molecule has 0 unspecified atom stereocenters. The van der Waals surface area contributed by atoms with E-state index in [2.05, 4.69) is 31.5 Å². The van der Waals surface area contributed by atoms with E-state index in [1.165, 1.54) is 0 Å². The van der Waals surface area contributed by atoms with Crippen LogP contribution in [-0.4, -0.2) is 18.1 Å². The van der Waals surface area contributed by atoms with Gasteiger partial charge in [-0.25, -0.2) is 4.79 Å². The lowest BCUT2D eigenvalue weighted by molar-refractivity contribution is 0.262. The number of nitrogens with zero attached hydrogens (tertiary/aromatic N) is 1. The number of nitrogens with one attached hydrogen (secondary N) is 2. The van der Waals surface area contributed by atoms with Crippen molar-refractivity contribution in [3.8, 4) is 5.75 Å². The molecule has 0 spiro atoms. The maximum atomic E-state index is 11.8. The van der Waals surface area contributed by atoms with Crippen molar-refractivity contribution in [3.63, 3.8) is 0 Å². The van der Waals surface area contributed by atoms with Crippen LogP contribution in [0.25, 0.3) is 0 Å². The summed E-state index contributed by atoms with van der Waals surface area (Å²) < 4.78 is 5.80. The van der Waals surface area contributed by atoms with Gasteiger partial charge in [0.25, 0.3) is 0 Å². The highest BCUT2D eigenvalue weighted by Crippen LogP contribution is 2.21. The minimum absolute atomic E-state index is 0.333. The number of ether oxygens (including phenoxy) is 1. The number of pyridine rings is 1. The normalized spacial score (nSPS) is 9.79. The van der Waals surface area contributed by atoms with Crippen LogP contribution in [0.15, 0.2) is 47.2 Å². The summed E-state index contributed by atoms with van der Waals surface area (Å²) >= 11 is 3.31. The van der Waals surface area contributed by atoms with Gasteiger partial charge in [0.2, 0.25) is 0 Å². The third-order valence-electron chi connectivity index (χ3n) is 2.35. The predicted molar refractivity (Wildman–Crippen MR) is 77.6 cm³/mol. The van der Waals surface area contributed by atoms with E-state index in [-0.39, 0.29) is 6.03 Å². The smallest absolute Gasteiger partial charge is 0.323 e. The van der Waals surface area contributed by atoms with E-state index in [0.29, 0.717) is 17.1 Å². The maximum absolute atomic E-state index is 11.8. The van der Waals surface area contributed by atoms with E-state index in [4.69, 9.17) is 4.74 Å². The molecule has 2 aromatic rings. The summed E-state index contributed by atoms with van der Waals surface area (Å²) in [7, 11) is 1.58. The van der Waals surface area contributed by atoms with Crippen LogP contribution in [0.2, 0.25) is 0 Å². The second-order valence-electron chi connectivity index (χ2n) is 3.67. The molecular formula is C13H12BrN3O2. The quantitative estimate of drug-likeness (QED) is 0.909. The Balaban J connectivity index is 2.03. The molecule has 98 valence electrons. The second-order valence-corrected chi connectivity index (χ2v) is 4.52. The number of carbonyl (C=O) groups excluding carboxylic acids is 1. The zero-order valence-corrected chi connectivity index (χ0v) is 11.8. The zero-order valence-electron chi connectivity index (χ0n) is 10.2. The average molecular weight is 322 g/mol. The number of carbonyl (C=O) groups is 1. The van der Waals surface area contributed by atoms with Gasteiger partial charge in [0.15, 0.2) is 0 Å². The first-order valence-corrected chi connectivity index (χ1v) is 6.30. The number of hydrogen-bond acceptors (Lipinski definition) is 3. The zero-order chi connectivity index (χ0) is 13.7. The van der Waals surface area contributed by atoms with Crippen molar-refractivity contribution in [2.45, 2.75) is 0 Å². The van der Waals surface area contributed by atoms with E-state index < -0.39 is 0 Å². The Morgan fingerprint density at radius 1 is 1.32 bits per heavy atom. The van der Waals surface area contributed by atoms with Crippen molar-refractivity contribution in [2.24, 2.45) is 0 Å². The second kappa shape index (κ2) is 6.19. The minimum atomic E-state index is -0.333. The molecule has 0 radical (unpaired) electrons. The highest BCUT2D eigenvalue weighted by Gasteiger charge is 2.05. The summed E-state index contributed by atoms with van der Waals surface area (Å²) in [5.41, 5.74) is 1.30. The first-order chi connectivity index (χ1) is 9.19. The van der Waals surface area contributed by atoms with Crippen molar-refractivity contribution in [2.75, 3.05) is 17.7 Å². The molecule has 0 bridgehead atoms. The van der Waals surface area contributed by atoms with E-state index in [9.17, 15) is 4.79 Å². The molecule has 6 heteroatoms. The van der Waals surface area contributed by atoms with Gasteiger partial charge in [-0.05, 0) is 34.1 Å². The molecule has 5 nitrogen and oxygen atoms in total. The van der Waals surface area contributed by atoms with Gasteiger partial charge in [-0.1, -0.05) is 6.07 Å². The Morgan fingerprint density at radius 2 is 2.16 bits per heavy atom. The van der Waals surface area contributed by atoms with Gasteiger partial charge in [0.05, 0.1) is 17.3 Å². The summed E-state index contributed by atoms with van der Waals surface area (Å²) in [6.45, 7) is 0. The fourth-order valence-electron chi connectivity index (χ4n) is 1.46. The van der Waals surface area contributed by atoms with Gasteiger partial charge >= 0.3 is 6.03 Å². The van der Waals surface area contributed by atoms with Gasteiger partial charge in [-0.2, -0.15) is 0 Å². The number of halogens is 1. The van der Waals surface area contributed by atoms with Crippen LogP contribution in [0, 0.1) is 0 Å². The number of methoxy groups -OCH3 is 1. The lowest BCUT2D eigenvalue weighted by atomic mass is 10.3. The van der Waals surface area contributed by atoms with Gasteiger partial charge in [-0.15, -0.1) is 0 Å². The molecule has 0 aliphatic heterocycles. The van der Waals surface area contributed by atoms with Crippen molar-refractivity contribution >= 4 is 33.3 Å². The fourth-order valence-corrected chi connectivity index (χ4v) is 1.81. The van der Waals surface area contributed by atoms with Crippen LogP contribution in [0.5, 0.6) is 5.75 Å². The Bertz CT molecular complexity index is 590. The molecule has 1 aromatic carbocycles. The average Bonchev–Trinajstić information content (AvgIpc) is 2.41. The summed E-state index contributed by atoms with van der Waals surface area (Å²) in [4.78, 5) is 15.8. The van der Waals surface area contributed by atoms with Gasteiger partial charge in [0, 0.05) is 24.1 Å². The summed E-state index contributed by atoms with van der Waals surface area (Å²) in [5.74, 6) is 0.683. The lowest BCUT2D eigenvalue weighted by Gasteiger charge is -2.09. The fraction of sp³-hybridized carbons (Fsp3) is 0.0769. The van der Waals surface area contributed by atoms with Gasteiger partial charge in [-0.3, -0.25) is 4.98 Å². The monoisotopic (exact) mass is 321 g/mol. The van der Waals surface area contributed by atoms with E-state index in [1.807, 2.05) is 6.07 Å². The lowest BCUT2D eigenvalue weighted by Crippen LogP contribution is -2.19. The molecular weight excluding hydrogens is 310 g/mol. The third-order valence-corrected chi connectivity index (χ3v) is 2.98. The molecule has 1 aromatic heterocycles. The number of aromatic nitrogens is 1. The van der Waals surface area contributed by atoms with Crippen LogP contribution in [0.3, 0.4) is 0 Å². The Hall–Kier alpha value is -2.08. The third kappa shape index (κ3) is 3.69. The molecule has 19 heavy (non-hydrogen) atoms. The molecule has 0 fully saturated rings. The van der Waals surface area contributed by atoms with Crippen molar-refractivity contribution < 1.29 is 9.53 Å². The van der Waals surface area contributed by atoms with Crippen molar-refractivity contribution in [1.82, 2.24) is 4.98 Å². The van der Waals surface area contributed by atoms with Crippen LogP contribution in [0.4, 0.5) is 16.2 Å². The highest BCUT2D eigenvalue weighted by atomic mass is 79.9. The molecule has 2 amide bonds. The molecule has 2 rings (SSSR count). The van der Waals surface area contributed by atoms with Gasteiger partial charge < -0.3 is 15.4 Å². The number of benzene rings is 1. The van der Waals surface area contributed by atoms with E-state index in [0.717, 1.165) is 4.47 Å². The van der Waals surface area contributed by atoms with Crippen molar-refractivity contribution in [3.05, 3.63) is 47.2 Å². The summed E-state index contributed by atoms with van der Waals surface area (Å²) in [6.07, 6.45) is 3.22. The van der Waals surface area contributed by atoms with Crippen LogP contribution < -0.4 is 15.4 Å². The molecule has 2 N–H and O–H groups in total. The molecule has 0 saturated heterocycles. The summed E-state index contributed by atoms with van der Waals surface area (Å²) in [6, 6.07) is 8.50. The molecule has 0 aliphatic carbocycles. The van der Waals surface area contributed by atoms with E-state index in [1.54, 1.807) is 43.8 Å². The first kappa shape index (κ1) is 13.4. The highest BCUT2D eigenvalue weighted by molar-refractivity contribution is 9.10. The van der Waals surface area contributed by atoms with Crippen LogP contribution >= 0.6 is 15.9 Å². The number of rotatable bonds is 3. The predicted octanol–water partition coefficient (Wildman–Crippen LogP) is 3.50. The van der Waals surface area contributed by atoms with Crippen LogP contribution in [-0.2, 0) is 0 Å².